The van der Waals surface area contributed by atoms with Crippen LogP contribution in [0.2, 0.25) is 0 Å². The molecule has 0 atom stereocenters. The normalized spacial score (nSPS) is 17.0. The Morgan fingerprint density at radius 1 is 1.41 bits per heavy atom. The molecule has 1 heterocycles. The number of hydrogen-bond acceptors (Lipinski definition) is 3. The van der Waals surface area contributed by atoms with Crippen LogP contribution in [-0.4, -0.2) is 18.0 Å². The maximum Gasteiger partial charge on any atom is 0.275 e. The number of nitro groups is 1. The molecule has 1 fully saturated rings. The third-order valence-electron chi connectivity index (χ3n) is 3.47. The van der Waals surface area contributed by atoms with Gasteiger partial charge in [0.1, 0.15) is 0 Å². The topological polar surface area (TPSA) is 55.2 Å². The highest BCUT2D eigenvalue weighted by atomic mass is 16.6. The largest absolute Gasteiger partial charge is 0.317 e. The standard InChI is InChI=1S/C13H18N2O2/c1-10-3-2-4-12(13(10)15(16)17)9-11-5-7-14-8-6-11/h2-4,11,14H,5-9H2,1H3. The highest BCUT2D eigenvalue weighted by Gasteiger charge is 2.21. The summed E-state index contributed by atoms with van der Waals surface area (Å²) >= 11 is 0. The number of aryl methyl sites for hydroxylation is 1. The average molecular weight is 234 g/mol. The molecule has 1 aliphatic heterocycles. The average Bonchev–Trinajstić information content (AvgIpc) is 2.30. The first-order chi connectivity index (χ1) is 8.18. The van der Waals surface area contributed by atoms with E-state index in [1.807, 2.05) is 25.1 Å². The molecule has 17 heavy (non-hydrogen) atoms. The van der Waals surface area contributed by atoms with Gasteiger partial charge in [0.25, 0.3) is 5.69 Å². The first-order valence-electron chi connectivity index (χ1n) is 6.12. The van der Waals surface area contributed by atoms with E-state index in [4.69, 9.17) is 0 Å². The maximum absolute atomic E-state index is 11.1. The van der Waals surface area contributed by atoms with Crippen molar-refractivity contribution in [3.63, 3.8) is 0 Å². The van der Waals surface area contributed by atoms with E-state index in [1.165, 1.54) is 0 Å². The Balaban J connectivity index is 2.19. The summed E-state index contributed by atoms with van der Waals surface area (Å²) in [5.41, 5.74) is 1.97. The van der Waals surface area contributed by atoms with Gasteiger partial charge in [-0.1, -0.05) is 18.2 Å². The highest BCUT2D eigenvalue weighted by molar-refractivity contribution is 5.47. The van der Waals surface area contributed by atoms with Crippen molar-refractivity contribution < 1.29 is 4.92 Å². The molecule has 1 saturated heterocycles. The van der Waals surface area contributed by atoms with E-state index in [0.717, 1.165) is 43.5 Å². The SMILES string of the molecule is Cc1cccc(CC2CCNCC2)c1[N+](=O)[O-]. The lowest BCUT2D eigenvalue weighted by atomic mass is 9.89. The fourth-order valence-corrected chi connectivity index (χ4v) is 2.54. The monoisotopic (exact) mass is 234 g/mol. The molecule has 2 rings (SSSR count). The molecule has 4 nitrogen and oxygen atoms in total. The summed E-state index contributed by atoms with van der Waals surface area (Å²) in [6.07, 6.45) is 3.07. The second-order valence-electron chi connectivity index (χ2n) is 4.74. The molecular weight excluding hydrogens is 216 g/mol. The number of rotatable bonds is 3. The van der Waals surface area contributed by atoms with Gasteiger partial charge in [0.05, 0.1) is 4.92 Å². The molecule has 0 spiro atoms. The summed E-state index contributed by atoms with van der Waals surface area (Å²) < 4.78 is 0. The van der Waals surface area contributed by atoms with Crippen molar-refractivity contribution in [3.05, 3.63) is 39.4 Å². The van der Waals surface area contributed by atoms with Gasteiger partial charge in [-0.15, -0.1) is 0 Å². The van der Waals surface area contributed by atoms with E-state index >= 15 is 0 Å². The van der Waals surface area contributed by atoms with Crippen LogP contribution in [0.15, 0.2) is 18.2 Å². The molecular formula is C13H18N2O2. The minimum Gasteiger partial charge on any atom is -0.317 e. The van der Waals surface area contributed by atoms with Gasteiger partial charge in [-0.25, -0.2) is 0 Å². The van der Waals surface area contributed by atoms with Gasteiger partial charge >= 0.3 is 0 Å². The van der Waals surface area contributed by atoms with Crippen molar-refractivity contribution in [3.8, 4) is 0 Å². The fourth-order valence-electron chi connectivity index (χ4n) is 2.54. The van der Waals surface area contributed by atoms with Crippen molar-refractivity contribution in [1.29, 1.82) is 0 Å². The van der Waals surface area contributed by atoms with E-state index < -0.39 is 0 Å². The van der Waals surface area contributed by atoms with Gasteiger partial charge < -0.3 is 5.32 Å². The third kappa shape index (κ3) is 2.82. The summed E-state index contributed by atoms with van der Waals surface area (Å²) in [6, 6.07) is 5.62. The van der Waals surface area contributed by atoms with Crippen LogP contribution in [-0.2, 0) is 6.42 Å². The molecule has 1 aromatic carbocycles. The number of hydrogen-bond donors (Lipinski definition) is 1. The summed E-state index contributed by atoms with van der Waals surface area (Å²) in [5, 5.41) is 14.4. The molecule has 1 N–H and O–H groups in total. The summed E-state index contributed by atoms with van der Waals surface area (Å²) in [5.74, 6) is 0.580. The van der Waals surface area contributed by atoms with Crippen molar-refractivity contribution in [1.82, 2.24) is 5.32 Å². The lowest BCUT2D eigenvalue weighted by Crippen LogP contribution is -2.28. The Morgan fingerprint density at radius 3 is 2.76 bits per heavy atom. The van der Waals surface area contributed by atoms with Crippen LogP contribution in [0.1, 0.15) is 24.0 Å². The van der Waals surface area contributed by atoms with Gasteiger partial charge in [0.15, 0.2) is 0 Å². The maximum atomic E-state index is 11.1. The van der Waals surface area contributed by atoms with Crippen LogP contribution >= 0.6 is 0 Å². The number of nitrogens with one attached hydrogen (secondary N) is 1. The van der Waals surface area contributed by atoms with Gasteiger partial charge in [-0.3, -0.25) is 10.1 Å². The molecule has 0 bridgehead atoms. The van der Waals surface area contributed by atoms with E-state index in [1.54, 1.807) is 0 Å². The molecule has 4 heteroatoms. The molecule has 0 aliphatic carbocycles. The second-order valence-corrected chi connectivity index (χ2v) is 4.74. The molecule has 0 unspecified atom stereocenters. The number of piperidine rings is 1. The lowest BCUT2D eigenvalue weighted by molar-refractivity contribution is -0.386. The molecule has 0 radical (unpaired) electrons. The quantitative estimate of drug-likeness (QED) is 0.645. The third-order valence-corrected chi connectivity index (χ3v) is 3.47. The molecule has 1 aromatic rings. The van der Waals surface area contributed by atoms with Crippen LogP contribution in [0.3, 0.4) is 0 Å². The van der Waals surface area contributed by atoms with E-state index in [0.29, 0.717) is 11.6 Å². The van der Waals surface area contributed by atoms with Crippen molar-refractivity contribution in [2.45, 2.75) is 26.2 Å². The Bertz CT molecular complexity index is 412. The fraction of sp³-hybridized carbons (Fsp3) is 0.538. The lowest BCUT2D eigenvalue weighted by Gasteiger charge is -2.22. The summed E-state index contributed by atoms with van der Waals surface area (Å²) in [6.45, 7) is 3.87. The van der Waals surface area contributed by atoms with Crippen LogP contribution in [0, 0.1) is 23.0 Å². The van der Waals surface area contributed by atoms with Crippen LogP contribution < -0.4 is 5.32 Å². The Hall–Kier alpha value is -1.42. The van der Waals surface area contributed by atoms with E-state index in [-0.39, 0.29) is 4.92 Å². The number of nitro benzene ring substituents is 1. The molecule has 1 aliphatic rings. The molecule has 0 saturated carbocycles. The minimum absolute atomic E-state index is 0.244. The predicted molar refractivity (Wildman–Crippen MR) is 67.1 cm³/mol. The zero-order chi connectivity index (χ0) is 12.3. The molecule has 92 valence electrons. The number of nitrogens with zero attached hydrogens (tertiary/aromatic N) is 1. The Labute approximate surface area is 101 Å². The summed E-state index contributed by atoms with van der Waals surface area (Å²) in [4.78, 5) is 10.8. The van der Waals surface area contributed by atoms with Crippen molar-refractivity contribution in [2.24, 2.45) is 5.92 Å². The van der Waals surface area contributed by atoms with Crippen LogP contribution in [0.5, 0.6) is 0 Å². The zero-order valence-electron chi connectivity index (χ0n) is 10.1. The predicted octanol–water partition coefficient (Wildman–Crippen LogP) is 2.45. The second kappa shape index (κ2) is 5.27. The van der Waals surface area contributed by atoms with Crippen molar-refractivity contribution >= 4 is 5.69 Å². The van der Waals surface area contributed by atoms with Gasteiger partial charge in [-0.2, -0.15) is 0 Å². The van der Waals surface area contributed by atoms with Crippen LogP contribution in [0.4, 0.5) is 5.69 Å². The van der Waals surface area contributed by atoms with Gasteiger partial charge in [0.2, 0.25) is 0 Å². The molecule has 0 aromatic heterocycles. The highest BCUT2D eigenvalue weighted by Crippen LogP contribution is 2.27. The van der Waals surface area contributed by atoms with Crippen LogP contribution in [0.25, 0.3) is 0 Å². The van der Waals surface area contributed by atoms with E-state index in [9.17, 15) is 10.1 Å². The number of para-hydroxylation sites is 1. The van der Waals surface area contributed by atoms with Gasteiger partial charge in [0, 0.05) is 11.1 Å². The van der Waals surface area contributed by atoms with Crippen molar-refractivity contribution in [2.75, 3.05) is 13.1 Å². The zero-order valence-corrected chi connectivity index (χ0v) is 10.1. The number of benzene rings is 1. The Kier molecular flexibility index (Phi) is 3.74. The molecule has 0 amide bonds. The van der Waals surface area contributed by atoms with E-state index in [2.05, 4.69) is 5.32 Å². The first-order valence-corrected chi connectivity index (χ1v) is 6.12. The smallest absolute Gasteiger partial charge is 0.275 e. The summed E-state index contributed by atoms with van der Waals surface area (Å²) in [7, 11) is 0. The minimum atomic E-state index is -0.244. The Morgan fingerprint density at radius 2 is 2.12 bits per heavy atom. The first kappa shape index (κ1) is 12.0. The van der Waals surface area contributed by atoms with Gasteiger partial charge in [-0.05, 0) is 45.2 Å².